The number of hydrogen-bond acceptors (Lipinski definition) is 4. The van der Waals surface area contributed by atoms with Crippen molar-refractivity contribution in [3.8, 4) is 0 Å². The molecule has 1 aliphatic heterocycles. The zero-order chi connectivity index (χ0) is 14.5. The Kier molecular flexibility index (Phi) is 5.11. The van der Waals surface area contributed by atoms with Crippen LogP contribution in [0.3, 0.4) is 0 Å². The van der Waals surface area contributed by atoms with Crippen molar-refractivity contribution in [2.24, 2.45) is 5.92 Å². The molecule has 1 N–H and O–H groups in total. The van der Waals surface area contributed by atoms with Crippen LogP contribution in [0.25, 0.3) is 0 Å². The van der Waals surface area contributed by atoms with Crippen molar-refractivity contribution in [3.63, 3.8) is 0 Å². The van der Waals surface area contributed by atoms with E-state index in [1.54, 1.807) is 22.7 Å². The zero-order valence-corrected chi connectivity index (χ0v) is 12.3. The van der Waals surface area contributed by atoms with Gasteiger partial charge in [0.05, 0.1) is 5.75 Å². The molecular weight excluding hydrogens is 278 g/mol. The van der Waals surface area contributed by atoms with E-state index in [0.717, 1.165) is 24.4 Å². The molecule has 0 spiro atoms. The number of rotatable bonds is 5. The van der Waals surface area contributed by atoms with E-state index in [2.05, 4.69) is 0 Å². The van der Waals surface area contributed by atoms with E-state index in [4.69, 9.17) is 9.52 Å². The van der Waals surface area contributed by atoms with Crippen LogP contribution in [-0.2, 0) is 10.5 Å². The van der Waals surface area contributed by atoms with Crippen molar-refractivity contribution in [1.82, 2.24) is 4.90 Å². The van der Waals surface area contributed by atoms with Gasteiger partial charge in [0, 0.05) is 19.5 Å². The molecule has 1 aromatic rings. The molecular formula is C14H19NO4S. The Bertz CT molecular complexity index is 485. The largest absolute Gasteiger partial charge is 0.481 e. The molecule has 1 atom stereocenters. The van der Waals surface area contributed by atoms with Gasteiger partial charge in [0.25, 0.3) is 5.91 Å². The number of carbonyl (C=O) groups is 2. The average molecular weight is 297 g/mol. The third-order valence-corrected chi connectivity index (χ3v) is 4.00. The van der Waals surface area contributed by atoms with Gasteiger partial charge in [-0.2, -0.15) is 11.8 Å². The molecule has 0 radical (unpaired) electrons. The van der Waals surface area contributed by atoms with Gasteiger partial charge in [0.1, 0.15) is 5.76 Å². The van der Waals surface area contributed by atoms with E-state index in [0.29, 0.717) is 18.8 Å². The van der Waals surface area contributed by atoms with E-state index >= 15 is 0 Å². The van der Waals surface area contributed by atoms with E-state index in [1.165, 1.54) is 0 Å². The lowest BCUT2D eigenvalue weighted by molar-refractivity contribution is -0.138. The summed E-state index contributed by atoms with van der Waals surface area (Å²) in [4.78, 5) is 24.8. The first-order valence-corrected chi connectivity index (χ1v) is 8.08. The van der Waals surface area contributed by atoms with Crippen molar-refractivity contribution < 1.29 is 19.1 Å². The average Bonchev–Trinajstić information content (AvgIpc) is 2.86. The van der Waals surface area contributed by atoms with Crippen molar-refractivity contribution in [1.29, 1.82) is 0 Å². The highest BCUT2D eigenvalue weighted by atomic mass is 32.2. The first-order chi connectivity index (χ1) is 9.60. The molecule has 0 saturated carbocycles. The summed E-state index contributed by atoms with van der Waals surface area (Å²) in [5, 5.41) is 8.85. The Morgan fingerprint density at radius 2 is 2.30 bits per heavy atom. The molecule has 110 valence electrons. The smallest absolute Gasteiger partial charge is 0.303 e. The number of piperidine rings is 1. The van der Waals surface area contributed by atoms with Crippen molar-refractivity contribution in [2.75, 3.05) is 19.3 Å². The molecule has 0 bridgehead atoms. The van der Waals surface area contributed by atoms with Crippen molar-refractivity contribution in [3.05, 3.63) is 23.7 Å². The fourth-order valence-electron chi connectivity index (χ4n) is 2.53. The number of carboxylic acid groups (broad SMARTS) is 1. The standard InChI is InChI=1S/C14H19NO4S/c1-20-9-11-4-5-12(19-11)14(18)15-6-2-3-10(8-15)7-13(16)17/h4-5,10H,2-3,6-9H2,1H3,(H,16,17). The van der Waals surface area contributed by atoms with Gasteiger partial charge >= 0.3 is 5.97 Å². The first-order valence-electron chi connectivity index (χ1n) is 6.69. The molecule has 0 aliphatic carbocycles. The Morgan fingerprint density at radius 1 is 1.50 bits per heavy atom. The van der Waals surface area contributed by atoms with E-state index < -0.39 is 5.97 Å². The SMILES string of the molecule is CSCc1ccc(C(=O)N2CCCC(CC(=O)O)C2)o1. The number of likely N-dealkylation sites (tertiary alicyclic amines) is 1. The van der Waals surface area contributed by atoms with Gasteiger partial charge in [-0.1, -0.05) is 0 Å². The van der Waals surface area contributed by atoms with Gasteiger partial charge in [-0.25, -0.2) is 0 Å². The van der Waals surface area contributed by atoms with Gasteiger partial charge < -0.3 is 14.4 Å². The number of thioether (sulfide) groups is 1. The lowest BCUT2D eigenvalue weighted by Crippen LogP contribution is -2.40. The third kappa shape index (κ3) is 3.79. The van der Waals surface area contributed by atoms with E-state index in [9.17, 15) is 9.59 Å². The summed E-state index contributed by atoms with van der Waals surface area (Å²) >= 11 is 1.64. The molecule has 1 unspecified atom stereocenters. The lowest BCUT2D eigenvalue weighted by atomic mass is 9.95. The molecule has 1 aliphatic rings. The maximum atomic E-state index is 12.3. The van der Waals surface area contributed by atoms with Crippen LogP contribution in [0.5, 0.6) is 0 Å². The predicted molar refractivity (Wildman–Crippen MR) is 76.8 cm³/mol. The minimum atomic E-state index is -0.801. The molecule has 5 nitrogen and oxygen atoms in total. The minimum Gasteiger partial charge on any atom is -0.481 e. The fourth-order valence-corrected chi connectivity index (χ4v) is 2.97. The van der Waals surface area contributed by atoms with E-state index in [1.807, 2.05) is 12.3 Å². The first kappa shape index (κ1) is 15.0. The van der Waals surface area contributed by atoms with Gasteiger partial charge in [-0.3, -0.25) is 9.59 Å². The Morgan fingerprint density at radius 3 is 3.00 bits per heavy atom. The summed E-state index contributed by atoms with van der Waals surface area (Å²) in [6.07, 6.45) is 3.82. The molecule has 20 heavy (non-hydrogen) atoms. The maximum Gasteiger partial charge on any atom is 0.303 e. The summed E-state index contributed by atoms with van der Waals surface area (Å²) in [5.41, 5.74) is 0. The van der Waals surface area contributed by atoms with Gasteiger partial charge in [0.2, 0.25) is 0 Å². The topological polar surface area (TPSA) is 70.8 Å². The van der Waals surface area contributed by atoms with Crippen LogP contribution in [0, 0.1) is 5.92 Å². The Balaban J connectivity index is 1.98. The molecule has 1 saturated heterocycles. The van der Waals surface area contributed by atoms with E-state index in [-0.39, 0.29) is 18.2 Å². The summed E-state index contributed by atoms with van der Waals surface area (Å²) in [6.45, 7) is 1.18. The molecule has 6 heteroatoms. The summed E-state index contributed by atoms with van der Waals surface area (Å²) < 4.78 is 5.53. The second-order valence-electron chi connectivity index (χ2n) is 5.06. The normalized spacial score (nSPS) is 19.1. The summed E-state index contributed by atoms with van der Waals surface area (Å²) in [6, 6.07) is 3.52. The van der Waals surface area contributed by atoms with Crippen LogP contribution in [0.4, 0.5) is 0 Å². The summed E-state index contributed by atoms with van der Waals surface area (Å²) in [7, 11) is 0. The number of aliphatic carboxylic acids is 1. The number of carbonyl (C=O) groups excluding carboxylic acids is 1. The molecule has 2 rings (SSSR count). The van der Waals surface area contributed by atoms with Crippen LogP contribution in [0.15, 0.2) is 16.5 Å². The highest BCUT2D eigenvalue weighted by molar-refractivity contribution is 7.97. The van der Waals surface area contributed by atoms with Crippen LogP contribution in [0.2, 0.25) is 0 Å². The van der Waals surface area contributed by atoms with Crippen LogP contribution < -0.4 is 0 Å². The molecule has 2 heterocycles. The van der Waals surface area contributed by atoms with Crippen LogP contribution >= 0.6 is 11.8 Å². The molecule has 1 amide bonds. The molecule has 1 aromatic heterocycles. The van der Waals surface area contributed by atoms with Gasteiger partial charge in [-0.05, 0) is 37.1 Å². The second-order valence-corrected chi connectivity index (χ2v) is 5.92. The van der Waals surface area contributed by atoms with Crippen molar-refractivity contribution in [2.45, 2.75) is 25.0 Å². The van der Waals surface area contributed by atoms with Crippen LogP contribution in [0.1, 0.15) is 35.6 Å². The lowest BCUT2D eigenvalue weighted by Gasteiger charge is -2.31. The number of amides is 1. The fraction of sp³-hybridized carbons (Fsp3) is 0.571. The highest BCUT2D eigenvalue weighted by Gasteiger charge is 2.27. The van der Waals surface area contributed by atoms with Gasteiger partial charge in [-0.15, -0.1) is 0 Å². The number of hydrogen-bond donors (Lipinski definition) is 1. The van der Waals surface area contributed by atoms with Crippen LogP contribution in [-0.4, -0.2) is 41.2 Å². The molecule has 0 aromatic carbocycles. The minimum absolute atomic E-state index is 0.0471. The third-order valence-electron chi connectivity index (χ3n) is 3.43. The predicted octanol–water partition coefficient (Wildman–Crippen LogP) is 2.47. The second kappa shape index (κ2) is 6.83. The molecule has 1 fully saturated rings. The van der Waals surface area contributed by atoms with Gasteiger partial charge in [0.15, 0.2) is 5.76 Å². The Hall–Kier alpha value is -1.43. The quantitative estimate of drug-likeness (QED) is 0.904. The highest BCUT2D eigenvalue weighted by Crippen LogP contribution is 2.22. The summed E-state index contributed by atoms with van der Waals surface area (Å²) in [5.74, 6) is 1.00. The Labute approximate surface area is 122 Å². The number of furan rings is 1. The number of nitrogens with zero attached hydrogens (tertiary/aromatic N) is 1. The maximum absolute atomic E-state index is 12.3. The number of carboxylic acids is 1. The van der Waals surface area contributed by atoms with Crippen molar-refractivity contribution >= 4 is 23.6 Å². The zero-order valence-electron chi connectivity index (χ0n) is 11.5. The monoisotopic (exact) mass is 297 g/mol.